The first-order valence-electron chi connectivity index (χ1n) is 4.90. The predicted molar refractivity (Wildman–Crippen MR) is 60.4 cm³/mol. The van der Waals surface area contributed by atoms with Gasteiger partial charge in [-0.15, -0.1) is 0 Å². The van der Waals surface area contributed by atoms with Gasteiger partial charge in [0.1, 0.15) is 11.3 Å². The third-order valence-corrected chi connectivity index (χ3v) is 2.62. The molecule has 0 aliphatic rings. The molecule has 0 fully saturated rings. The van der Waals surface area contributed by atoms with Crippen LogP contribution in [0.3, 0.4) is 0 Å². The lowest BCUT2D eigenvalue weighted by atomic mass is 10.1. The van der Waals surface area contributed by atoms with Crippen LogP contribution in [0, 0.1) is 6.92 Å². The maximum Gasteiger partial charge on any atom is 0.134 e. The molecule has 0 amide bonds. The summed E-state index contributed by atoms with van der Waals surface area (Å²) in [4.78, 5) is 0. The van der Waals surface area contributed by atoms with Crippen LogP contribution in [0.1, 0.15) is 23.8 Å². The standard InChI is InChI=1S/C13H14O/c1-4-10-6-7-13-11(8-10)9(3)12(5-2)14-13/h4,6-8H,1,5H2,2-3H3. The Kier molecular flexibility index (Phi) is 2.16. The van der Waals surface area contributed by atoms with E-state index in [0.29, 0.717) is 0 Å². The molecule has 0 aliphatic heterocycles. The van der Waals surface area contributed by atoms with E-state index in [1.54, 1.807) is 0 Å². The molecule has 2 rings (SSSR count). The summed E-state index contributed by atoms with van der Waals surface area (Å²) in [6.45, 7) is 7.98. The molecule has 1 nitrogen and oxygen atoms in total. The van der Waals surface area contributed by atoms with Gasteiger partial charge in [0.2, 0.25) is 0 Å². The zero-order chi connectivity index (χ0) is 10.1. The normalized spacial score (nSPS) is 10.7. The van der Waals surface area contributed by atoms with Crippen molar-refractivity contribution in [2.24, 2.45) is 0 Å². The first-order chi connectivity index (χ1) is 6.76. The third kappa shape index (κ3) is 1.25. The summed E-state index contributed by atoms with van der Waals surface area (Å²) in [6, 6.07) is 6.16. The van der Waals surface area contributed by atoms with E-state index in [4.69, 9.17) is 4.42 Å². The summed E-state index contributed by atoms with van der Waals surface area (Å²) in [7, 11) is 0. The van der Waals surface area contributed by atoms with Gasteiger partial charge in [0.25, 0.3) is 0 Å². The van der Waals surface area contributed by atoms with Crippen molar-refractivity contribution >= 4 is 17.0 Å². The second-order valence-electron chi connectivity index (χ2n) is 3.46. The Balaban J connectivity index is 2.73. The van der Waals surface area contributed by atoms with Gasteiger partial charge in [-0.05, 0) is 30.2 Å². The lowest BCUT2D eigenvalue weighted by Gasteiger charge is -1.93. The fourth-order valence-corrected chi connectivity index (χ4v) is 1.75. The minimum Gasteiger partial charge on any atom is -0.461 e. The molecule has 14 heavy (non-hydrogen) atoms. The van der Waals surface area contributed by atoms with Crippen molar-refractivity contribution in [3.8, 4) is 0 Å². The first kappa shape index (κ1) is 9.07. The van der Waals surface area contributed by atoms with Crippen LogP contribution in [-0.2, 0) is 6.42 Å². The van der Waals surface area contributed by atoms with E-state index in [2.05, 4.69) is 26.5 Å². The van der Waals surface area contributed by atoms with Crippen LogP contribution in [0.25, 0.3) is 17.0 Å². The number of fused-ring (bicyclic) bond motifs is 1. The van der Waals surface area contributed by atoms with E-state index >= 15 is 0 Å². The molecule has 0 bridgehead atoms. The summed E-state index contributed by atoms with van der Waals surface area (Å²) in [5, 5.41) is 1.21. The fraction of sp³-hybridized carbons (Fsp3) is 0.231. The smallest absolute Gasteiger partial charge is 0.134 e. The van der Waals surface area contributed by atoms with Crippen LogP contribution >= 0.6 is 0 Å². The lowest BCUT2D eigenvalue weighted by Crippen LogP contribution is -1.77. The van der Waals surface area contributed by atoms with Crippen LogP contribution in [0.4, 0.5) is 0 Å². The number of hydrogen-bond acceptors (Lipinski definition) is 1. The number of aryl methyl sites for hydroxylation is 2. The summed E-state index contributed by atoms with van der Waals surface area (Å²) in [5.74, 6) is 1.08. The summed E-state index contributed by atoms with van der Waals surface area (Å²) in [5.41, 5.74) is 3.38. The Morgan fingerprint density at radius 1 is 1.43 bits per heavy atom. The zero-order valence-corrected chi connectivity index (χ0v) is 8.63. The molecule has 0 saturated heterocycles. The lowest BCUT2D eigenvalue weighted by molar-refractivity contribution is 0.553. The Morgan fingerprint density at radius 2 is 2.21 bits per heavy atom. The van der Waals surface area contributed by atoms with E-state index in [-0.39, 0.29) is 0 Å². The molecule has 0 spiro atoms. The topological polar surface area (TPSA) is 13.1 Å². The van der Waals surface area contributed by atoms with Crippen molar-refractivity contribution in [3.63, 3.8) is 0 Å². The molecule has 1 aromatic carbocycles. The maximum absolute atomic E-state index is 5.71. The van der Waals surface area contributed by atoms with Gasteiger partial charge in [0, 0.05) is 11.8 Å². The van der Waals surface area contributed by atoms with Gasteiger partial charge in [-0.3, -0.25) is 0 Å². The molecule has 2 aromatic rings. The van der Waals surface area contributed by atoms with Gasteiger partial charge in [0.15, 0.2) is 0 Å². The summed E-state index contributed by atoms with van der Waals surface area (Å²) >= 11 is 0. The van der Waals surface area contributed by atoms with Gasteiger partial charge >= 0.3 is 0 Å². The molecule has 1 heterocycles. The van der Waals surface area contributed by atoms with Gasteiger partial charge in [-0.25, -0.2) is 0 Å². The maximum atomic E-state index is 5.71. The highest BCUT2D eigenvalue weighted by molar-refractivity contribution is 5.84. The molecule has 0 saturated carbocycles. The van der Waals surface area contributed by atoms with Crippen molar-refractivity contribution in [1.29, 1.82) is 0 Å². The predicted octanol–water partition coefficient (Wildman–Crippen LogP) is 3.95. The van der Waals surface area contributed by atoms with Gasteiger partial charge in [-0.1, -0.05) is 25.6 Å². The minimum absolute atomic E-state index is 0.948. The highest BCUT2D eigenvalue weighted by Crippen LogP contribution is 2.26. The number of rotatable bonds is 2. The average molecular weight is 186 g/mol. The Labute approximate surface area is 84.0 Å². The number of benzene rings is 1. The van der Waals surface area contributed by atoms with E-state index in [9.17, 15) is 0 Å². The van der Waals surface area contributed by atoms with Crippen molar-refractivity contribution in [1.82, 2.24) is 0 Å². The minimum atomic E-state index is 0.948. The molecule has 1 heteroatoms. The molecule has 0 N–H and O–H groups in total. The van der Waals surface area contributed by atoms with Crippen LogP contribution in [0.2, 0.25) is 0 Å². The summed E-state index contributed by atoms with van der Waals surface area (Å²) < 4.78 is 5.71. The van der Waals surface area contributed by atoms with E-state index in [0.717, 1.165) is 23.3 Å². The Morgan fingerprint density at radius 3 is 2.86 bits per heavy atom. The van der Waals surface area contributed by atoms with Crippen LogP contribution in [0.5, 0.6) is 0 Å². The van der Waals surface area contributed by atoms with Gasteiger partial charge in [0.05, 0.1) is 0 Å². The zero-order valence-electron chi connectivity index (χ0n) is 8.63. The van der Waals surface area contributed by atoms with Crippen LogP contribution < -0.4 is 0 Å². The Hall–Kier alpha value is -1.50. The van der Waals surface area contributed by atoms with Crippen molar-refractivity contribution in [2.45, 2.75) is 20.3 Å². The second kappa shape index (κ2) is 3.33. The molecule has 1 aromatic heterocycles. The van der Waals surface area contributed by atoms with Gasteiger partial charge in [-0.2, -0.15) is 0 Å². The van der Waals surface area contributed by atoms with Crippen LogP contribution in [0.15, 0.2) is 29.2 Å². The van der Waals surface area contributed by atoms with Gasteiger partial charge < -0.3 is 4.42 Å². The van der Waals surface area contributed by atoms with E-state index in [1.807, 2.05) is 18.2 Å². The number of furan rings is 1. The van der Waals surface area contributed by atoms with E-state index in [1.165, 1.54) is 10.9 Å². The average Bonchev–Trinajstić information content (AvgIpc) is 2.55. The van der Waals surface area contributed by atoms with Crippen LogP contribution in [-0.4, -0.2) is 0 Å². The monoisotopic (exact) mass is 186 g/mol. The highest BCUT2D eigenvalue weighted by Gasteiger charge is 2.08. The third-order valence-electron chi connectivity index (χ3n) is 2.62. The molecule has 0 atom stereocenters. The first-order valence-corrected chi connectivity index (χ1v) is 4.90. The molecular weight excluding hydrogens is 172 g/mol. The fourth-order valence-electron chi connectivity index (χ4n) is 1.75. The largest absolute Gasteiger partial charge is 0.461 e. The molecule has 72 valence electrons. The summed E-state index contributed by atoms with van der Waals surface area (Å²) in [6.07, 6.45) is 2.81. The second-order valence-corrected chi connectivity index (χ2v) is 3.46. The quantitative estimate of drug-likeness (QED) is 0.692. The highest BCUT2D eigenvalue weighted by atomic mass is 16.3. The van der Waals surface area contributed by atoms with E-state index < -0.39 is 0 Å². The molecule has 0 radical (unpaired) electrons. The molecule has 0 aliphatic carbocycles. The molecule has 0 unspecified atom stereocenters. The molecular formula is C13H14O. The SMILES string of the molecule is C=Cc1ccc2oc(CC)c(C)c2c1. The van der Waals surface area contributed by atoms with Crippen molar-refractivity contribution < 1.29 is 4.42 Å². The number of hydrogen-bond donors (Lipinski definition) is 0. The van der Waals surface area contributed by atoms with Crippen molar-refractivity contribution in [2.75, 3.05) is 0 Å². The van der Waals surface area contributed by atoms with Crippen molar-refractivity contribution in [3.05, 3.63) is 41.7 Å². The Bertz CT molecular complexity index is 477.